The molecule has 2 rings (SSSR count). The number of carbonyl (C=O) groups is 3. The van der Waals surface area contributed by atoms with E-state index < -0.39 is 24.0 Å². The monoisotopic (exact) mass is 319 g/mol. The topological polar surface area (TPSA) is 76.4 Å². The van der Waals surface area contributed by atoms with Gasteiger partial charge in [0.1, 0.15) is 0 Å². The van der Waals surface area contributed by atoms with Gasteiger partial charge in [0.25, 0.3) is 0 Å². The third-order valence-corrected chi connectivity index (χ3v) is 3.32. The molecule has 1 aromatic carbocycles. The summed E-state index contributed by atoms with van der Waals surface area (Å²) in [5.74, 6) is -3.21. The van der Waals surface area contributed by atoms with Gasteiger partial charge in [0.2, 0.25) is 5.78 Å². The first kappa shape index (κ1) is 16.0. The lowest BCUT2D eigenvalue weighted by molar-refractivity contribution is -0.148. The number of aromatic nitrogens is 1. The molecule has 22 heavy (non-hydrogen) atoms. The number of carboxylic acids is 1. The van der Waals surface area contributed by atoms with Crippen LogP contribution in [0.25, 0.3) is 0 Å². The fourth-order valence-electron chi connectivity index (χ4n) is 2.14. The van der Waals surface area contributed by atoms with Crippen LogP contribution in [0.3, 0.4) is 0 Å². The molecule has 1 heterocycles. The number of Topliss-reactive ketones (excluding diaryl/α,β-unsaturated/α-hetero) is 2. The normalized spacial score (nSPS) is 10.5. The third kappa shape index (κ3) is 4.05. The molecule has 1 N–H and O–H groups in total. The Hall–Kier alpha value is -2.40. The van der Waals surface area contributed by atoms with E-state index in [-0.39, 0.29) is 0 Å². The van der Waals surface area contributed by atoms with Crippen LogP contribution in [0.4, 0.5) is 0 Å². The van der Waals surface area contributed by atoms with Gasteiger partial charge in [-0.3, -0.25) is 9.59 Å². The molecule has 2 aromatic rings. The molecule has 0 saturated heterocycles. The molecule has 0 saturated carbocycles. The van der Waals surface area contributed by atoms with Crippen molar-refractivity contribution in [2.45, 2.75) is 19.9 Å². The van der Waals surface area contributed by atoms with Crippen molar-refractivity contribution in [3.8, 4) is 0 Å². The van der Waals surface area contributed by atoms with Crippen LogP contribution >= 0.6 is 11.6 Å². The van der Waals surface area contributed by atoms with Crippen LogP contribution in [0.1, 0.15) is 27.9 Å². The van der Waals surface area contributed by atoms with Crippen molar-refractivity contribution in [3.05, 3.63) is 58.4 Å². The molecule has 0 radical (unpaired) electrons. The van der Waals surface area contributed by atoms with Crippen molar-refractivity contribution in [1.29, 1.82) is 0 Å². The number of nitrogens with zero attached hydrogens (tertiary/aromatic N) is 1. The summed E-state index contributed by atoms with van der Waals surface area (Å²) in [6.45, 7) is 2.47. The van der Waals surface area contributed by atoms with Crippen molar-refractivity contribution in [3.63, 3.8) is 0 Å². The maximum absolute atomic E-state index is 11.8. The van der Waals surface area contributed by atoms with Crippen LogP contribution in [0.15, 0.2) is 36.7 Å². The molecule has 0 atom stereocenters. The predicted octanol–water partition coefficient (Wildman–Crippen LogP) is 2.72. The fourth-order valence-corrected chi connectivity index (χ4v) is 2.45. The van der Waals surface area contributed by atoms with Gasteiger partial charge in [-0.05, 0) is 36.2 Å². The average Bonchev–Trinajstić information content (AvgIpc) is 2.85. The van der Waals surface area contributed by atoms with Crippen LogP contribution in [-0.2, 0) is 16.1 Å². The largest absolute Gasteiger partial charge is 0.475 e. The summed E-state index contributed by atoms with van der Waals surface area (Å²) in [4.78, 5) is 33.3. The summed E-state index contributed by atoms with van der Waals surface area (Å²) >= 11 is 6.00. The Morgan fingerprint density at radius 1 is 1.23 bits per heavy atom. The lowest BCUT2D eigenvalue weighted by atomic mass is 10.1. The molecule has 0 aliphatic rings. The Balaban J connectivity index is 2.09. The van der Waals surface area contributed by atoms with E-state index in [1.54, 1.807) is 23.0 Å². The summed E-state index contributed by atoms with van der Waals surface area (Å²) in [5, 5.41) is 9.15. The van der Waals surface area contributed by atoms with Crippen LogP contribution in [0, 0.1) is 6.92 Å². The zero-order chi connectivity index (χ0) is 16.3. The number of benzene rings is 1. The second-order valence-electron chi connectivity index (χ2n) is 5.04. The molecule has 1 aromatic heterocycles. The molecule has 0 unspecified atom stereocenters. The van der Waals surface area contributed by atoms with E-state index in [0.717, 1.165) is 11.1 Å². The van der Waals surface area contributed by atoms with E-state index >= 15 is 0 Å². The third-order valence-electron chi connectivity index (χ3n) is 3.10. The Labute approximate surface area is 132 Å². The van der Waals surface area contributed by atoms with Crippen LogP contribution < -0.4 is 0 Å². The van der Waals surface area contributed by atoms with Gasteiger partial charge < -0.3 is 9.67 Å². The Morgan fingerprint density at radius 2 is 1.95 bits per heavy atom. The minimum Gasteiger partial charge on any atom is -0.475 e. The molecule has 6 heteroatoms. The van der Waals surface area contributed by atoms with E-state index in [9.17, 15) is 14.4 Å². The number of halogens is 1. The van der Waals surface area contributed by atoms with E-state index in [1.165, 1.54) is 0 Å². The summed E-state index contributed by atoms with van der Waals surface area (Å²) in [6, 6.07) is 7.24. The van der Waals surface area contributed by atoms with Gasteiger partial charge in [-0.1, -0.05) is 17.7 Å². The first-order chi connectivity index (χ1) is 10.3. The molecule has 0 fully saturated rings. The lowest BCUT2D eigenvalue weighted by Crippen LogP contribution is -2.16. The van der Waals surface area contributed by atoms with Crippen LogP contribution in [0.5, 0.6) is 0 Å². The van der Waals surface area contributed by atoms with Gasteiger partial charge in [0, 0.05) is 29.5 Å². The highest BCUT2D eigenvalue weighted by Gasteiger charge is 2.18. The molecule has 5 nitrogen and oxygen atoms in total. The Bertz CT molecular complexity index is 728. The zero-order valence-electron chi connectivity index (χ0n) is 11.9. The van der Waals surface area contributed by atoms with Crippen molar-refractivity contribution in [1.82, 2.24) is 4.57 Å². The van der Waals surface area contributed by atoms with Gasteiger partial charge in [-0.25, -0.2) is 4.79 Å². The quantitative estimate of drug-likeness (QED) is 0.504. The number of rotatable bonds is 6. The standard InChI is InChI=1S/C16H14ClNO4/c1-10-4-11(6-13(17)5-10)8-18-3-2-12(9-18)14(19)7-15(20)16(21)22/h2-6,9H,7-8H2,1H3,(H,21,22). The average molecular weight is 320 g/mol. The molecular weight excluding hydrogens is 306 g/mol. The number of carboxylic acid groups (broad SMARTS) is 1. The highest BCUT2D eigenvalue weighted by Crippen LogP contribution is 2.16. The Kier molecular flexibility index (Phi) is 4.78. The van der Waals surface area contributed by atoms with Crippen molar-refractivity contribution >= 4 is 29.1 Å². The molecule has 0 spiro atoms. The minimum atomic E-state index is -1.60. The van der Waals surface area contributed by atoms with Crippen LogP contribution in [-0.4, -0.2) is 27.2 Å². The predicted molar refractivity (Wildman–Crippen MR) is 81.3 cm³/mol. The summed E-state index contributed by atoms with van der Waals surface area (Å²) in [6.07, 6.45) is 2.66. The van der Waals surface area contributed by atoms with Crippen molar-refractivity contribution in [2.24, 2.45) is 0 Å². The van der Waals surface area contributed by atoms with Gasteiger partial charge in [0.15, 0.2) is 5.78 Å². The second kappa shape index (κ2) is 6.58. The smallest absolute Gasteiger partial charge is 0.372 e. The van der Waals surface area contributed by atoms with E-state index in [2.05, 4.69) is 0 Å². The maximum Gasteiger partial charge on any atom is 0.372 e. The SMILES string of the molecule is Cc1cc(Cl)cc(Cn2ccc(C(=O)CC(=O)C(=O)O)c2)c1. The maximum atomic E-state index is 11.8. The van der Waals surface area contributed by atoms with Crippen LogP contribution in [0.2, 0.25) is 5.02 Å². The number of carbonyl (C=O) groups excluding carboxylic acids is 2. The summed E-state index contributed by atoms with van der Waals surface area (Å²) in [7, 11) is 0. The first-order valence-electron chi connectivity index (χ1n) is 6.56. The minimum absolute atomic E-state index is 0.313. The number of hydrogen-bond donors (Lipinski definition) is 1. The number of aryl methyl sites for hydroxylation is 1. The number of aliphatic carboxylic acids is 1. The van der Waals surface area contributed by atoms with Crippen molar-refractivity contribution < 1.29 is 19.5 Å². The summed E-state index contributed by atoms with van der Waals surface area (Å²) < 4.78 is 1.78. The lowest BCUT2D eigenvalue weighted by Gasteiger charge is -2.05. The number of hydrogen-bond acceptors (Lipinski definition) is 3. The fraction of sp³-hybridized carbons (Fsp3) is 0.188. The molecule has 0 bridgehead atoms. The second-order valence-corrected chi connectivity index (χ2v) is 5.47. The number of ketones is 2. The summed E-state index contributed by atoms with van der Waals surface area (Å²) in [5.41, 5.74) is 2.34. The van der Waals surface area contributed by atoms with E-state index in [0.29, 0.717) is 17.1 Å². The van der Waals surface area contributed by atoms with E-state index in [4.69, 9.17) is 16.7 Å². The molecular formula is C16H14ClNO4. The van der Waals surface area contributed by atoms with Gasteiger partial charge in [0.05, 0.1) is 6.42 Å². The van der Waals surface area contributed by atoms with Crippen molar-refractivity contribution in [2.75, 3.05) is 0 Å². The highest BCUT2D eigenvalue weighted by molar-refractivity contribution is 6.37. The van der Waals surface area contributed by atoms with Gasteiger partial charge in [-0.15, -0.1) is 0 Å². The van der Waals surface area contributed by atoms with E-state index in [1.807, 2.05) is 25.1 Å². The molecule has 0 aliphatic heterocycles. The Morgan fingerprint density at radius 3 is 2.59 bits per heavy atom. The van der Waals surface area contributed by atoms with Gasteiger partial charge >= 0.3 is 5.97 Å². The molecule has 0 aliphatic carbocycles. The van der Waals surface area contributed by atoms with Gasteiger partial charge in [-0.2, -0.15) is 0 Å². The molecule has 0 amide bonds. The first-order valence-corrected chi connectivity index (χ1v) is 6.94. The zero-order valence-corrected chi connectivity index (χ0v) is 12.6. The molecule has 114 valence electrons. The highest BCUT2D eigenvalue weighted by atomic mass is 35.5.